The maximum absolute atomic E-state index is 12.6. The van der Waals surface area contributed by atoms with Gasteiger partial charge in [-0.25, -0.2) is 4.79 Å². The van der Waals surface area contributed by atoms with E-state index in [1.807, 2.05) is 0 Å². The fourth-order valence-electron chi connectivity index (χ4n) is 2.56. The minimum atomic E-state index is -0.944. The monoisotopic (exact) mass is 307 g/mol. The van der Waals surface area contributed by atoms with Gasteiger partial charge in [0, 0.05) is 19.2 Å². The van der Waals surface area contributed by atoms with Gasteiger partial charge < -0.3 is 19.5 Å². The van der Waals surface area contributed by atoms with E-state index in [0.29, 0.717) is 37.5 Å². The number of methoxy groups -OCH3 is 1. The molecule has 0 aliphatic carbocycles. The molecule has 1 saturated heterocycles. The summed E-state index contributed by atoms with van der Waals surface area (Å²) in [5.41, 5.74) is 0.447. The molecule has 1 aromatic rings. The molecule has 0 radical (unpaired) electrons. The number of nitrogens with zero attached hydrogens (tertiary/aromatic N) is 1. The summed E-state index contributed by atoms with van der Waals surface area (Å²) in [6.45, 7) is 1.34. The fourth-order valence-corrected chi connectivity index (χ4v) is 2.56. The molecule has 1 N–H and O–H groups in total. The number of likely N-dealkylation sites (tertiary alicyclic amines) is 1. The van der Waals surface area contributed by atoms with E-state index in [4.69, 9.17) is 9.47 Å². The third-order valence-electron chi connectivity index (χ3n) is 3.69. The number of hydrogen-bond acceptors (Lipinski definition) is 4. The topological polar surface area (TPSA) is 76.1 Å². The number of benzene rings is 1. The van der Waals surface area contributed by atoms with Gasteiger partial charge in [-0.15, -0.1) is 0 Å². The molecule has 0 aromatic heterocycles. The lowest BCUT2D eigenvalue weighted by Gasteiger charge is -2.33. The van der Waals surface area contributed by atoms with E-state index in [1.54, 1.807) is 31.4 Å². The Balaban J connectivity index is 2.10. The number of aliphatic carboxylic acids is 1. The minimum Gasteiger partial charge on any atom is -0.491 e. The summed E-state index contributed by atoms with van der Waals surface area (Å²) < 4.78 is 10.4. The van der Waals surface area contributed by atoms with Gasteiger partial charge in [-0.1, -0.05) is 6.07 Å². The van der Waals surface area contributed by atoms with E-state index in [1.165, 1.54) is 4.90 Å². The lowest BCUT2D eigenvalue weighted by molar-refractivity contribution is -0.143. The summed E-state index contributed by atoms with van der Waals surface area (Å²) in [6.07, 6.45) is 2.17. The van der Waals surface area contributed by atoms with Crippen LogP contribution in [-0.4, -0.2) is 54.8 Å². The van der Waals surface area contributed by atoms with Gasteiger partial charge in [0.1, 0.15) is 18.4 Å². The third-order valence-corrected chi connectivity index (χ3v) is 3.69. The molecule has 6 heteroatoms. The van der Waals surface area contributed by atoms with Crippen LogP contribution in [0.2, 0.25) is 0 Å². The normalized spacial score (nSPS) is 18.0. The molecule has 1 aliphatic heterocycles. The Kier molecular flexibility index (Phi) is 5.77. The average Bonchev–Trinajstić information content (AvgIpc) is 2.54. The molecule has 1 unspecified atom stereocenters. The highest BCUT2D eigenvalue weighted by Crippen LogP contribution is 2.22. The number of carboxylic acids is 1. The molecule has 6 nitrogen and oxygen atoms in total. The van der Waals surface area contributed by atoms with Gasteiger partial charge in [0.05, 0.1) is 6.61 Å². The summed E-state index contributed by atoms with van der Waals surface area (Å²) in [7, 11) is 1.59. The van der Waals surface area contributed by atoms with Crippen molar-refractivity contribution >= 4 is 11.9 Å². The summed E-state index contributed by atoms with van der Waals surface area (Å²) in [5.74, 6) is -0.628. The van der Waals surface area contributed by atoms with Crippen LogP contribution in [-0.2, 0) is 9.53 Å². The number of rotatable bonds is 6. The highest BCUT2D eigenvalue weighted by atomic mass is 16.5. The molecule has 0 spiro atoms. The second-order valence-electron chi connectivity index (χ2n) is 5.22. The molecule has 22 heavy (non-hydrogen) atoms. The zero-order chi connectivity index (χ0) is 15.9. The van der Waals surface area contributed by atoms with Crippen molar-refractivity contribution in [3.8, 4) is 5.75 Å². The van der Waals surface area contributed by atoms with Crippen LogP contribution in [0.4, 0.5) is 0 Å². The molecule has 0 bridgehead atoms. The predicted octanol–water partition coefficient (Wildman–Crippen LogP) is 1.79. The minimum absolute atomic E-state index is 0.260. The SMILES string of the molecule is COCCOc1cccc(C(=O)N2CCCCC2C(=O)O)c1. The van der Waals surface area contributed by atoms with Crippen molar-refractivity contribution in [1.29, 1.82) is 0 Å². The summed E-state index contributed by atoms with van der Waals surface area (Å²) >= 11 is 0. The molecule has 1 aliphatic rings. The number of carbonyl (C=O) groups excluding carboxylic acids is 1. The van der Waals surface area contributed by atoms with Crippen LogP contribution in [0.15, 0.2) is 24.3 Å². The molecule has 1 heterocycles. The van der Waals surface area contributed by atoms with Gasteiger partial charge in [-0.2, -0.15) is 0 Å². The highest BCUT2D eigenvalue weighted by Gasteiger charge is 2.32. The van der Waals surface area contributed by atoms with E-state index < -0.39 is 12.0 Å². The van der Waals surface area contributed by atoms with Crippen LogP contribution in [0, 0.1) is 0 Å². The van der Waals surface area contributed by atoms with Crippen LogP contribution < -0.4 is 4.74 Å². The largest absolute Gasteiger partial charge is 0.491 e. The Morgan fingerprint density at radius 2 is 2.14 bits per heavy atom. The van der Waals surface area contributed by atoms with E-state index in [2.05, 4.69) is 0 Å². The van der Waals surface area contributed by atoms with Crippen molar-refractivity contribution in [2.24, 2.45) is 0 Å². The smallest absolute Gasteiger partial charge is 0.326 e. The standard InChI is InChI=1S/C16H21NO5/c1-21-9-10-22-13-6-4-5-12(11-13)15(18)17-8-3-2-7-14(17)16(19)20/h4-6,11,14H,2-3,7-10H2,1H3,(H,19,20). The van der Waals surface area contributed by atoms with Crippen molar-refractivity contribution in [3.05, 3.63) is 29.8 Å². The lowest BCUT2D eigenvalue weighted by atomic mass is 10.0. The first-order chi connectivity index (χ1) is 10.6. The second kappa shape index (κ2) is 7.79. The molecule has 1 amide bonds. The lowest BCUT2D eigenvalue weighted by Crippen LogP contribution is -2.47. The summed E-state index contributed by atoms with van der Waals surface area (Å²) in [6, 6.07) is 6.08. The molecule has 1 fully saturated rings. The van der Waals surface area contributed by atoms with Gasteiger partial charge in [-0.05, 0) is 37.5 Å². The van der Waals surface area contributed by atoms with Crippen LogP contribution in [0.25, 0.3) is 0 Å². The van der Waals surface area contributed by atoms with Gasteiger partial charge >= 0.3 is 5.97 Å². The van der Waals surface area contributed by atoms with Gasteiger partial charge in [-0.3, -0.25) is 4.79 Å². The Bertz CT molecular complexity index is 531. The number of piperidine rings is 1. The van der Waals surface area contributed by atoms with Crippen LogP contribution in [0.3, 0.4) is 0 Å². The van der Waals surface area contributed by atoms with E-state index >= 15 is 0 Å². The maximum Gasteiger partial charge on any atom is 0.326 e. The molecular formula is C16H21NO5. The number of amides is 1. The predicted molar refractivity (Wildman–Crippen MR) is 80.1 cm³/mol. The molecule has 1 aromatic carbocycles. The van der Waals surface area contributed by atoms with Crippen LogP contribution in [0.1, 0.15) is 29.6 Å². The highest BCUT2D eigenvalue weighted by molar-refractivity contribution is 5.97. The average molecular weight is 307 g/mol. The van der Waals surface area contributed by atoms with E-state index in [-0.39, 0.29) is 5.91 Å². The molecule has 120 valence electrons. The Labute approximate surface area is 129 Å². The number of carbonyl (C=O) groups is 2. The first-order valence-corrected chi connectivity index (χ1v) is 7.39. The van der Waals surface area contributed by atoms with Gasteiger partial charge in [0.25, 0.3) is 5.91 Å². The van der Waals surface area contributed by atoms with Crippen molar-refractivity contribution in [3.63, 3.8) is 0 Å². The zero-order valence-corrected chi connectivity index (χ0v) is 12.7. The maximum atomic E-state index is 12.6. The summed E-state index contributed by atoms with van der Waals surface area (Å²) in [4.78, 5) is 25.3. The molecule has 0 saturated carbocycles. The fraction of sp³-hybridized carbons (Fsp3) is 0.500. The quantitative estimate of drug-likeness (QED) is 0.811. The number of hydrogen-bond donors (Lipinski definition) is 1. The first-order valence-electron chi connectivity index (χ1n) is 7.39. The third kappa shape index (κ3) is 3.98. The Morgan fingerprint density at radius 3 is 2.86 bits per heavy atom. The Morgan fingerprint density at radius 1 is 1.32 bits per heavy atom. The summed E-state index contributed by atoms with van der Waals surface area (Å²) in [5, 5.41) is 9.27. The van der Waals surface area contributed by atoms with Crippen molar-refractivity contribution < 1.29 is 24.2 Å². The zero-order valence-electron chi connectivity index (χ0n) is 12.7. The van der Waals surface area contributed by atoms with Crippen LogP contribution >= 0.6 is 0 Å². The molecular weight excluding hydrogens is 286 g/mol. The van der Waals surface area contributed by atoms with Crippen molar-refractivity contribution in [2.75, 3.05) is 26.9 Å². The molecule has 1 atom stereocenters. The number of ether oxygens (including phenoxy) is 2. The van der Waals surface area contributed by atoms with Gasteiger partial charge in [0.2, 0.25) is 0 Å². The Hall–Kier alpha value is -2.08. The second-order valence-corrected chi connectivity index (χ2v) is 5.22. The van der Waals surface area contributed by atoms with Crippen LogP contribution in [0.5, 0.6) is 5.75 Å². The number of carboxylic acid groups (broad SMARTS) is 1. The molecule has 2 rings (SSSR count). The van der Waals surface area contributed by atoms with Crippen molar-refractivity contribution in [1.82, 2.24) is 4.90 Å². The van der Waals surface area contributed by atoms with E-state index in [9.17, 15) is 14.7 Å². The van der Waals surface area contributed by atoms with Crippen molar-refractivity contribution in [2.45, 2.75) is 25.3 Å². The van der Waals surface area contributed by atoms with Gasteiger partial charge in [0.15, 0.2) is 0 Å². The van der Waals surface area contributed by atoms with E-state index in [0.717, 1.165) is 12.8 Å². The first kappa shape index (κ1) is 16.3.